The molecule has 0 aliphatic rings. The lowest BCUT2D eigenvalue weighted by Gasteiger charge is -2.11. The molecule has 0 saturated heterocycles. The molecule has 0 aliphatic heterocycles. The summed E-state index contributed by atoms with van der Waals surface area (Å²) in [5, 5.41) is 6.48. The van der Waals surface area contributed by atoms with E-state index in [4.69, 9.17) is 6.42 Å². The molecule has 88 valence electrons. The highest BCUT2D eigenvalue weighted by Gasteiger charge is 2.24. The third kappa shape index (κ3) is 2.43. The molecule has 6 heteroatoms. The summed E-state index contributed by atoms with van der Waals surface area (Å²) in [6.45, 7) is 5.11. The highest BCUT2D eigenvalue weighted by Crippen LogP contribution is 2.16. The Morgan fingerprint density at radius 3 is 2.56 bits per heavy atom. The van der Waals surface area contributed by atoms with Crippen LogP contribution in [0.15, 0.2) is 4.90 Å². The van der Waals surface area contributed by atoms with E-state index in [-0.39, 0.29) is 4.90 Å². The van der Waals surface area contributed by atoms with Crippen LogP contribution in [-0.2, 0) is 10.0 Å². The Kier molecular flexibility index (Phi) is 3.73. The Hall–Kier alpha value is -1.32. The van der Waals surface area contributed by atoms with Gasteiger partial charge in [-0.1, -0.05) is 12.8 Å². The minimum atomic E-state index is -3.59. The SMILES string of the molecule is C#CC(CC)NS(=O)(=O)c1c(C)n[nH]c1C. The van der Waals surface area contributed by atoms with Crippen LogP contribution in [-0.4, -0.2) is 24.7 Å². The van der Waals surface area contributed by atoms with Gasteiger partial charge in [0.1, 0.15) is 4.90 Å². The number of H-pyrrole nitrogens is 1. The number of sulfonamides is 1. The van der Waals surface area contributed by atoms with Gasteiger partial charge in [0.25, 0.3) is 0 Å². The average Bonchev–Trinajstić information content (AvgIpc) is 2.55. The number of nitrogens with zero attached hydrogens (tertiary/aromatic N) is 1. The number of nitrogens with one attached hydrogen (secondary N) is 2. The molecule has 0 aliphatic carbocycles. The summed E-state index contributed by atoms with van der Waals surface area (Å²) < 4.78 is 26.4. The standard InChI is InChI=1S/C10H15N3O2S/c1-5-9(6-2)13-16(14,15)10-7(3)11-12-8(10)4/h1,9,13H,6H2,2-4H3,(H,11,12). The zero-order chi connectivity index (χ0) is 12.3. The first-order chi connectivity index (χ1) is 7.42. The minimum Gasteiger partial charge on any atom is -0.281 e. The number of aryl methyl sites for hydroxylation is 2. The summed E-state index contributed by atoms with van der Waals surface area (Å²) in [6, 6.07) is -0.487. The van der Waals surface area contributed by atoms with Gasteiger partial charge in [-0.15, -0.1) is 6.42 Å². The lowest BCUT2D eigenvalue weighted by molar-refractivity contribution is 0.569. The quantitative estimate of drug-likeness (QED) is 0.763. The van der Waals surface area contributed by atoms with Crippen molar-refractivity contribution in [2.24, 2.45) is 0 Å². The molecule has 5 nitrogen and oxygen atoms in total. The van der Waals surface area contributed by atoms with Crippen molar-refractivity contribution < 1.29 is 8.42 Å². The molecule has 1 aromatic heterocycles. The van der Waals surface area contributed by atoms with Gasteiger partial charge < -0.3 is 0 Å². The third-order valence-electron chi connectivity index (χ3n) is 2.24. The van der Waals surface area contributed by atoms with E-state index in [1.54, 1.807) is 13.8 Å². The molecule has 0 fully saturated rings. The second kappa shape index (κ2) is 4.68. The molecule has 0 radical (unpaired) electrons. The van der Waals surface area contributed by atoms with Crippen LogP contribution in [0.5, 0.6) is 0 Å². The second-order valence-corrected chi connectivity index (χ2v) is 5.16. The number of aromatic nitrogens is 2. The van der Waals surface area contributed by atoms with Gasteiger partial charge in [0, 0.05) is 0 Å². The second-order valence-electron chi connectivity index (χ2n) is 3.51. The molecule has 1 heterocycles. The van der Waals surface area contributed by atoms with Gasteiger partial charge in [-0.05, 0) is 20.3 Å². The van der Waals surface area contributed by atoms with Crippen LogP contribution in [0.1, 0.15) is 24.7 Å². The molecule has 1 rings (SSSR count). The number of terminal acetylenes is 1. The lowest BCUT2D eigenvalue weighted by atomic mass is 10.3. The van der Waals surface area contributed by atoms with E-state index in [0.717, 1.165) is 0 Å². The van der Waals surface area contributed by atoms with Gasteiger partial charge in [0.05, 0.1) is 17.4 Å². The zero-order valence-corrected chi connectivity index (χ0v) is 10.4. The summed E-state index contributed by atoms with van der Waals surface area (Å²) in [6.07, 6.45) is 5.77. The van der Waals surface area contributed by atoms with E-state index in [1.165, 1.54) is 0 Å². The van der Waals surface area contributed by atoms with Gasteiger partial charge in [-0.3, -0.25) is 5.10 Å². The highest BCUT2D eigenvalue weighted by atomic mass is 32.2. The largest absolute Gasteiger partial charge is 0.281 e. The van der Waals surface area contributed by atoms with Crippen LogP contribution in [0.25, 0.3) is 0 Å². The number of hydrogen-bond acceptors (Lipinski definition) is 3. The Labute approximate surface area is 95.7 Å². The number of aromatic amines is 1. The van der Waals surface area contributed by atoms with Crippen molar-refractivity contribution in [1.82, 2.24) is 14.9 Å². The smallest absolute Gasteiger partial charge is 0.245 e. The minimum absolute atomic E-state index is 0.182. The van der Waals surface area contributed by atoms with Crippen LogP contribution in [0.3, 0.4) is 0 Å². The molecule has 0 spiro atoms. The van der Waals surface area contributed by atoms with E-state index in [1.807, 2.05) is 6.92 Å². The molecule has 1 atom stereocenters. The van der Waals surface area contributed by atoms with Gasteiger partial charge in [-0.2, -0.15) is 9.82 Å². The molecule has 1 unspecified atom stereocenters. The normalized spacial score (nSPS) is 13.4. The van der Waals surface area contributed by atoms with Crippen molar-refractivity contribution in [1.29, 1.82) is 0 Å². The Bertz CT molecular complexity index is 491. The van der Waals surface area contributed by atoms with E-state index in [9.17, 15) is 8.42 Å². The van der Waals surface area contributed by atoms with Gasteiger partial charge in [-0.25, -0.2) is 8.42 Å². The van der Waals surface area contributed by atoms with Crippen molar-refractivity contribution in [3.63, 3.8) is 0 Å². The maximum absolute atomic E-state index is 12.0. The molecular formula is C10H15N3O2S. The summed E-state index contributed by atoms with van der Waals surface area (Å²) in [4.78, 5) is 0.182. The van der Waals surface area contributed by atoms with Crippen molar-refractivity contribution in [2.75, 3.05) is 0 Å². The fourth-order valence-corrected chi connectivity index (χ4v) is 3.03. The van der Waals surface area contributed by atoms with Gasteiger partial charge >= 0.3 is 0 Å². The van der Waals surface area contributed by atoms with Gasteiger partial charge in [0.2, 0.25) is 10.0 Å². The summed E-state index contributed by atoms with van der Waals surface area (Å²) in [5.74, 6) is 2.39. The lowest BCUT2D eigenvalue weighted by Crippen LogP contribution is -2.33. The molecule has 0 bridgehead atoms. The van der Waals surface area contributed by atoms with E-state index in [2.05, 4.69) is 20.8 Å². The fourth-order valence-electron chi connectivity index (χ4n) is 1.42. The molecule has 1 aromatic rings. The monoisotopic (exact) mass is 241 g/mol. The fraction of sp³-hybridized carbons (Fsp3) is 0.500. The third-order valence-corrected chi connectivity index (χ3v) is 3.97. The van der Waals surface area contributed by atoms with Crippen molar-refractivity contribution >= 4 is 10.0 Å². The molecule has 2 N–H and O–H groups in total. The van der Waals surface area contributed by atoms with Crippen LogP contribution < -0.4 is 4.72 Å². The number of hydrogen-bond donors (Lipinski definition) is 2. The maximum atomic E-state index is 12.0. The maximum Gasteiger partial charge on any atom is 0.245 e. The summed E-state index contributed by atoms with van der Waals surface area (Å²) >= 11 is 0. The molecule has 0 amide bonds. The first-order valence-corrected chi connectivity index (χ1v) is 6.40. The number of rotatable bonds is 4. The van der Waals surface area contributed by atoms with Gasteiger partial charge in [0.15, 0.2) is 0 Å². The average molecular weight is 241 g/mol. The topological polar surface area (TPSA) is 74.8 Å². The predicted octanol–water partition coefficient (Wildman–Crippen LogP) is 0.717. The van der Waals surface area contributed by atoms with Crippen LogP contribution in [0.4, 0.5) is 0 Å². The highest BCUT2D eigenvalue weighted by molar-refractivity contribution is 7.89. The van der Waals surface area contributed by atoms with E-state index in [0.29, 0.717) is 17.8 Å². The van der Waals surface area contributed by atoms with Crippen LogP contribution in [0.2, 0.25) is 0 Å². The van der Waals surface area contributed by atoms with E-state index < -0.39 is 16.1 Å². The molecule has 0 saturated carbocycles. The molecule has 16 heavy (non-hydrogen) atoms. The van der Waals surface area contributed by atoms with Crippen molar-refractivity contribution in [3.05, 3.63) is 11.4 Å². The molecular weight excluding hydrogens is 226 g/mol. The first kappa shape index (κ1) is 12.7. The first-order valence-electron chi connectivity index (χ1n) is 4.92. The van der Waals surface area contributed by atoms with Crippen molar-refractivity contribution in [2.45, 2.75) is 38.1 Å². The molecule has 0 aromatic carbocycles. The zero-order valence-electron chi connectivity index (χ0n) is 9.53. The summed E-state index contributed by atoms with van der Waals surface area (Å²) in [7, 11) is -3.59. The summed E-state index contributed by atoms with van der Waals surface area (Å²) in [5.41, 5.74) is 0.953. The predicted molar refractivity (Wildman–Crippen MR) is 61.3 cm³/mol. The van der Waals surface area contributed by atoms with Crippen molar-refractivity contribution in [3.8, 4) is 12.3 Å². The van der Waals surface area contributed by atoms with Crippen LogP contribution in [0, 0.1) is 26.2 Å². The Morgan fingerprint density at radius 1 is 1.56 bits per heavy atom. The Balaban J connectivity index is 3.09. The van der Waals surface area contributed by atoms with E-state index >= 15 is 0 Å². The van der Waals surface area contributed by atoms with Crippen LogP contribution >= 0.6 is 0 Å². The Morgan fingerprint density at radius 2 is 2.19 bits per heavy atom.